The average Bonchev–Trinajstić information content (AvgIpc) is 2.61. The fourth-order valence-corrected chi connectivity index (χ4v) is 2.76. The van der Waals surface area contributed by atoms with Gasteiger partial charge in [0.1, 0.15) is 0 Å². The predicted octanol–water partition coefficient (Wildman–Crippen LogP) is 3.00. The third-order valence-electron chi connectivity index (χ3n) is 4.03. The zero-order chi connectivity index (χ0) is 15.2. The van der Waals surface area contributed by atoms with E-state index in [1.807, 2.05) is 0 Å². The van der Waals surface area contributed by atoms with Gasteiger partial charge >= 0.3 is 0 Å². The van der Waals surface area contributed by atoms with Crippen LogP contribution < -0.4 is 10.2 Å². The van der Waals surface area contributed by atoms with E-state index in [2.05, 4.69) is 39.5 Å². The van der Waals surface area contributed by atoms with Crippen molar-refractivity contribution in [3.63, 3.8) is 0 Å². The number of hydrogen-bond acceptors (Lipinski definition) is 3. The number of carbonyl (C=O) groups excluding carboxylic acids is 1. The van der Waals surface area contributed by atoms with Crippen molar-refractivity contribution in [1.82, 2.24) is 10.3 Å². The van der Waals surface area contributed by atoms with Gasteiger partial charge in [-0.1, -0.05) is 12.1 Å². The maximum Gasteiger partial charge on any atom is 0.253 e. The van der Waals surface area contributed by atoms with Gasteiger partial charge in [0.15, 0.2) is 0 Å². The fraction of sp³-hybridized carbons (Fsp3) is 0.333. The molecule has 1 N–H and O–H groups in total. The summed E-state index contributed by atoms with van der Waals surface area (Å²) in [5, 5.41) is 2.92. The normalized spacial score (nSPS) is 14.6. The first-order valence-electron chi connectivity index (χ1n) is 7.85. The number of anilines is 1. The zero-order valence-electron chi connectivity index (χ0n) is 12.7. The summed E-state index contributed by atoms with van der Waals surface area (Å²) in [6.07, 6.45) is 7.14. The molecule has 1 aliphatic rings. The Morgan fingerprint density at radius 1 is 1.09 bits per heavy atom. The molecule has 3 rings (SSSR count). The topological polar surface area (TPSA) is 45.2 Å². The highest BCUT2D eigenvalue weighted by Gasteiger charge is 2.10. The highest BCUT2D eigenvalue weighted by atomic mass is 16.1. The molecular formula is C18H21N3O. The highest BCUT2D eigenvalue weighted by Crippen LogP contribution is 2.20. The number of nitrogens with one attached hydrogen (secondary N) is 1. The third-order valence-corrected chi connectivity index (χ3v) is 4.03. The lowest BCUT2D eigenvalue weighted by atomic mass is 10.1. The van der Waals surface area contributed by atoms with Gasteiger partial charge in [-0.2, -0.15) is 0 Å². The lowest BCUT2D eigenvalue weighted by Crippen LogP contribution is -2.29. The second-order valence-corrected chi connectivity index (χ2v) is 5.64. The first-order valence-corrected chi connectivity index (χ1v) is 7.85. The molecule has 0 radical (unpaired) electrons. The van der Waals surface area contributed by atoms with E-state index in [0.717, 1.165) is 18.7 Å². The smallest absolute Gasteiger partial charge is 0.253 e. The molecule has 4 heteroatoms. The Kier molecular flexibility index (Phi) is 4.68. The van der Waals surface area contributed by atoms with E-state index in [-0.39, 0.29) is 5.91 Å². The summed E-state index contributed by atoms with van der Waals surface area (Å²) in [5.74, 6) is -0.0896. The van der Waals surface area contributed by atoms with Crippen LogP contribution in [0.15, 0.2) is 48.8 Å². The molecule has 1 amide bonds. The molecule has 4 nitrogen and oxygen atoms in total. The summed E-state index contributed by atoms with van der Waals surface area (Å²) in [6.45, 7) is 2.84. The second-order valence-electron chi connectivity index (χ2n) is 5.64. The molecule has 0 aliphatic carbocycles. The number of rotatable bonds is 4. The average molecular weight is 295 g/mol. The van der Waals surface area contributed by atoms with Gasteiger partial charge in [-0.15, -0.1) is 0 Å². The van der Waals surface area contributed by atoms with Crippen LogP contribution in [-0.4, -0.2) is 24.0 Å². The quantitative estimate of drug-likeness (QED) is 0.943. The van der Waals surface area contributed by atoms with Gasteiger partial charge in [-0.25, -0.2) is 0 Å². The van der Waals surface area contributed by atoms with Crippen molar-refractivity contribution < 1.29 is 4.79 Å². The van der Waals surface area contributed by atoms with E-state index < -0.39 is 0 Å². The van der Waals surface area contributed by atoms with E-state index in [9.17, 15) is 4.79 Å². The van der Waals surface area contributed by atoms with Gasteiger partial charge < -0.3 is 10.2 Å². The molecule has 0 unspecified atom stereocenters. The van der Waals surface area contributed by atoms with Gasteiger partial charge in [0.25, 0.3) is 5.91 Å². The van der Waals surface area contributed by atoms with Crippen molar-refractivity contribution in [3.8, 4) is 0 Å². The van der Waals surface area contributed by atoms with Gasteiger partial charge in [0.05, 0.1) is 5.56 Å². The molecule has 1 aliphatic heterocycles. The summed E-state index contributed by atoms with van der Waals surface area (Å²) in [5.41, 5.74) is 2.98. The van der Waals surface area contributed by atoms with Crippen LogP contribution in [0.4, 0.5) is 5.69 Å². The number of pyridine rings is 1. The summed E-state index contributed by atoms with van der Waals surface area (Å²) in [4.78, 5) is 18.4. The Bertz CT molecular complexity index is 604. The molecule has 1 aromatic carbocycles. The monoisotopic (exact) mass is 295 g/mol. The number of piperidine rings is 1. The zero-order valence-corrected chi connectivity index (χ0v) is 12.7. The highest BCUT2D eigenvalue weighted by molar-refractivity contribution is 5.93. The lowest BCUT2D eigenvalue weighted by molar-refractivity contribution is 0.0950. The largest absolute Gasteiger partial charge is 0.372 e. The van der Waals surface area contributed by atoms with Gasteiger partial charge in [-0.3, -0.25) is 9.78 Å². The minimum atomic E-state index is -0.0896. The maximum absolute atomic E-state index is 12.0. The molecule has 2 aromatic rings. The van der Waals surface area contributed by atoms with Gasteiger partial charge in [-0.05, 0) is 49.1 Å². The molecule has 2 heterocycles. The van der Waals surface area contributed by atoms with Crippen molar-refractivity contribution in [2.75, 3.05) is 18.0 Å². The number of benzene rings is 1. The number of nitrogens with zero attached hydrogens (tertiary/aromatic N) is 2. The SMILES string of the molecule is O=C(NCc1ccc(N2CCCCC2)cc1)c1cccnc1. The third kappa shape index (κ3) is 3.64. The standard InChI is InChI=1S/C18H21N3O/c22-18(16-5-4-10-19-14-16)20-13-15-6-8-17(9-7-15)21-11-2-1-3-12-21/h4-10,14H,1-3,11-13H2,(H,20,22). The molecule has 1 fully saturated rings. The van der Waals surface area contributed by atoms with Gasteiger partial charge in [0, 0.05) is 37.7 Å². The summed E-state index contributed by atoms with van der Waals surface area (Å²) >= 11 is 0. The first kappa shape index (κ1) is 14.6. The Hall–Kier alpha value is -2.36. The molecule has 0 bridgehead atoms. The van der Waals surface area contributed by atoms with E-state index in [1.165, 1.54) is 24.9 Å². The molecule has 1 saturated heterocycles. The predicted molar refractivity (Wildman–Crippen MR) is 87.9 cm³/mol. The lowest BCUT2D eigenvalue weighted by Gasteiger charge is -2.28. The Morgan fingerprint density at radius 3 is 2.55 bits per heavy atom. The van der Waals surface area contributed by atoms with E-state index >= 15 is 0 Å². The van der Waals surface area contributed by atoms with Crippen molar-refractivity contribution in [2.24, 2.45) is 0 Å². The maximum atomic E-state index is 12.0. The van der Waals surface area contributed by atoms with Crippen molar-refractivity contribution in [1.29, 1.82) is 0 Å². The molecule has 22 heavy (non-hydrogen) atoms. The van der Waals surface area contributed by atoms with Crippen molar-refractivity contribution >= 4 is 11.6 Å². The Balaban J connectivity index is 1.56. The first-order chi connectivity index (χ1) is 10.8. The second kappa shape index (κ2) is 7.07. The number of aromatic nitrogens is 1. The summed E-state index contributed by atoms with van der Waals surface area (Å²) in [6, 6.07) is 12.0. The molecule has 114 valence electrons. The van der Waals surface area contributed by atoms with Crippen LogP contribution in [0.2, 0.25) is 0 Å². The number of carbonyl (C=O) groups is 1. The van der Waals surface area contributed by atoms with Crippen LogP contribution in [0.3, 0.4) is 0 Å². The van der Waals surface area contributed by atoms with E-state index in [0.29, 0.717) is 12.1 Å². The Labute approximate surface area is 131 Å². The van der Waals surface area contributed by atoms with E-state index in [4.69, 9.17) is 0 Å². The van der Waals surface area contributed by atoms with E-state index in [1.54, 1.807) is 24.5 Å². The molecule has 0 atom stereocenters. The van der Waals surface area contributed by atoms with Crippen LogP contribution in [0, 0.1) is 0 Å². The van der Waals surface area contributed by atoms with Crippen LogP contribution in [0.1, 0.15) is 35.2 Å². The van der Waals surface area contributed by atoms with Gasteiger partial charge in [0.2, 0.25) is 0 Å². The molecule has 0 saturated carbocycles. The van der Waals surface area contributed by atoms with Crippen LogP contribution in [-0.2, 0) is 6.54 Å². The fourth-order valence-electron chi connectivity index (χ4n) is 2.76. The van der Waals surface area contributed by atoms with Crippen LogP contribution in [0.5, 0.6) is 0 Å². The van der Waals surface area contributed by atoms with Crippen LogP contribution in [0.25, 0.3) is 0 Å². The van der Waals surface area contributed by atoms with Crippen LogP contribution >= 0.6 is 0 Å². The summed E-state index contributed by atoms with van der Waals surface area (Å²) in [7, 11) is 0. The molecule has 0 spiro atoms. The molecular weight excluding hydrogens is 274 g/mol. The van der Waals surface area contributed by atoms with Crippen molar-refractivity contribution in [3.05, 3.63) is 59.9 Å². The minimum absolute atomic E-state index is 0.0896. The number of amides is 1. The Morgan fingerprint density at radius 2 is 1.86 bits per heavy atom. The number of hydrogen-bond donors (Lipinski definition) is 1. The van der Waals surface area contributed by atoms with Crippen molar-refractivity contribution in [2.45, 2.75) is 25.8 Å². The molecule has 1 aromatic heterocycles. The summed E-state index contributed by atoms with van der Waals surface area (Å²) < 4.78 is 0. The minimum Gasteiger partial charge on any atom is -0.372 e.